The summed E-state index contributed by atoms with van der Waals surface area (Å²) >= 11 is 5.13. The van der Waals surface area contributed by atoms with Gasteiger partial charge in [-0.2, -0.15) is 11.8 Å². The van der Waals surface area contributed by atoms with Crippen LogP contribution in [0.15, 0.2) is 28.7 Å². The molecule has 1 fully saturated rings. The first kappa shape index (κ1) is 13.1. The zero-order valence-corrected chi connectivity index (χ0v) is 11.9. The molecule has 1 aliphatic heterocycles. The molecular weight excluding hydrogens is 300 g/mol. The fourth-order valence-electron chi connectivity index (χ4n) is 1.76. The number of hydrogen-bond acceptors (Lipinski definition) is 3. The van der Waals surface area contributed by atoms with Crippen LogP contribution in [0.5, 0.6) is 0 Å². The molecule has 0 spiro atoms. The van der Waals surface area contributed by atoms with E-state index < -0.39 is 0 Å². The van der Waals surface area contributed by atoms with Crippen molar-refractivity contribution < 1.29 is 9.53 Å². The lowest BCUT2D eigenvalue weighted by Crippen LogP contribution is -2.19. The molecule has 0 aliphatic carbocycles. The summed E-state index contributed by atoms with van der Waals surface area (Å²) in [4.78, 5) is 11.9. The molecule has 1 aliphatic rings. The second kappa shape index (κ2) is 6.57. The van der Waals surface area contributed by atoms with Crippen molar-refractivity contribution in [2.24, 2.45) is 0 Å². The maximum Gasteiger partial charge on any atom is 0.172 e. The van der Waals surface area contributed by atoms with Gasteiger partial charge in [0.25, 0.3) is 0 Å². The van der Waals surface area contributed by atoms with E-state index in [0.717, 1.165) is 36.1 Å². The quantitative estimate of drug-likeness (QED) is 0.795. The number of ether oxygens (including phenoxy) is 1. The highest BCUT2D eigenvalue weighted by molar-refractivity contribution is 9.10. The molecule has 4 heteroatoms. The first-order valence-corrected chi connectivity index (χ1v) is 7.58. The summed E-state index contributed by atoms with van der Waals surface area (Å²) in [6, 6.07) is 7.56. The third-order valence-electron chi connectivity index (χ3n) is 2.78. The summed E-state index contributed by atoms with van der Waals surface area (Å²) in [5.41, 5.74) is 0.799. The van der Waals surface area contributed by atoms with Crippen LogP contribution in [0.25, 0.3) is 0 Å². The molecule has 0 aromatic heterocycles. The SMILES string of the molecule is O=C(CSC1CCOCC1)c1ccc(Br)cc1. The molecule has 0 unspecified atom stereocenters. The molecule has 2 rings (SSSR count). The standard InChI is InChI=1S/C13H15BrO2S/c14-11-3-1-10(2-4-11)13(15)9-17-12-5-7-16-8-6-12/h1-4,12H,5-9H2. The molecule has 92 valence electrons. The van der Waals surface area contributed by atoms with Crippen molar-refractivity contribution in [3.63, 3.8) is 0 Å². The summed E-state index contributed by atoms with van der Waals surface area (Å²) in [5.74, 6) is 0.792. The molecule has 0 radical (unpaired) electrons. The van der Waals surface area contributed by atoms with Gasteiger partial charge in [-0.05, 0) is 25.0 Å². The molecule has 0 atom stereocenters. The monoisotopic (exact) mass is 314 g/mol. The highest BCUT2D eigenvalue weighted by Crippen LogP contribution is 2.23. The summed E-state index contributed by atoms with van der Waals surface area (Å²) in [7, 11) is 0. The van der Waals surface area contributed by atoms with Crippen LogP contribution in [-0.4, -0.2) is 30.0 Å². The minimum atomic E-state index is 0.217. The molecule has 0 N–H and O–H groups in total. The van der Waals surface area contributed by atoms with E-state index in [1.807, 2.05) is 24.3 Å². The Morgan fingerprint density at radius 1 is 1.29 bits per heavy atom. The van der Waals surface area contributed by atoms with E-state index in [4.69, 9.17) is 4.74 Å². The van der Waals surface area contributed by atoms with Crippen LogP contribution < -0.4 is 0 Å². The van der Waals surface area contributed by atoms with Crippen molar-refractivity contribution in [3.05, 3.63) is 34.3 Å². The van der Waals surface area contributed by atoms with Gasteiger partial charge in [-0.25, -0.2) is 0 Å². The maximum absolute atomic E-state index is 11.9. The molecule has 0 saturated carbocycles. The largest absolute Gasteiger partial charge is 0.381 e. The van der Waals surface area contributed by atoms with E-state index >= 15 is 0 Å². The predicted molar refractivity (Wildman–Crippen MR) is 74.8 cm³/mol. The molecule has 1 aromatic carbocycles. The second-order valence-electron chi connectivity index (χ2n) is 4.05. The molecule has 0 bridgehead atoms. The van der Waals surface area contributed by atoms with Crippen LogP contribution in [0, 0.1) is 0 Å². The Kier molecular flexibility index (Phi) is 5.07. The maximum atomic E-state index is 11.9. The predicted octanol–water partition coefficient (Wildman–Crippen LogP) is 3.54. The third kappa shape index (κ3) is 4.12. The highest BCUT2D eigenvalue weighted by Gasteiger charge is 2.16. The first-order chi connectivity index (χ1) is 8.25. The van der Waals surface area contributed by atoms with E-state index in [1.165, 1.54) is 0 Å². The Morgan fingerprint density at radius 3 is 2.59 bits per heavy atom. The van der Waals surface area contributed by atoms with Crippen molar-refractivity contribution in [2.45, 2.75) is 18.1 Å². The first-order valence-electron chi connectivity index (χ1n) is 5.74. The summed E-state index contributed by atoms with van der Waals surface area (Å²) < 4.78 is 6.31. The van der Waals surface area contributed by atoms with Gasteiger partial charge >= 0.3 is 0 Å². The van der Waals surface area contributed by atoms with E-state index in [-0.39, 0.29) is 5.78 Å². The summed E-state index contributed by atoms with van der Waals surface area (Å²) in [6.07, 6.45) is 2.14. The van der Waals surface area contributed by atoms with Gasteiger partial charge in [0.2, 0.25) is 0 Å². The minimum Gasteiger partial charge on any atom is -0.381 e. The minimum absolute atomic E-state index is 0.217. The van der Waals surface area contributed by atoms with Gasteiger partial charge < -0.3 is 4.74 Å². The van der Waals surface area contributed by atoms with Gasteiger partial charge in [-0.1, -0.05) is 28.1 Å². The van der Waals surface area contributed by atoms with Crippen LogP contribution in [0.4, 0.5) is 0 Å². The molecule has 1 saturated heterocycles. The third-order valence-corrected chi connectivity index (χ3v) is 4.68. The van der Waals surface area contributed by atoms with Crippen molar-refractivity contribution in [1.29, 1.82) is 0 Å². The number of carbonyl (C=O) groups excluding carboxylic acids is 1. The molecule has 2 nitrogen and oxygen atoms in total. The van der Waals surface area contributed by atoms with Gasteiger partial charge in [0, 0.05) is 28.5 Å². The number of thioether (sulfide) groups is 1. The van der Waals surface area contributed by atoms with Crippen molar-refractivity contribution in [3.8, 4) is 0 Å². The number of benzene rings is 1. The number of rotatable bonds is 4. The van der Waals surface area contributed by atoms with Crippen molar-refractivity contribution >= 4 is 33.5 Å². The topological polar surface area (TPSA) is 26.3 Å². The van der Waals surface area contributed by atoms with Crippen molar-refractivity contribution in [2.75, 3.05) is 19.0 Å². The second-order valence-corrected chi connectivity index (χ2v) is 6.26. The summed E-state index contributed by atoms with van der Waals surface area (Å²) in [6.45, 7) is 1.67. The Morgan fingerprint density at radius 2 is 1.94 bits per heavy atom. The van der Waals surface area contributed by atoms with Crippen LogP contribution >= 0.6 is 27.7 Å². The van der Waals surface area contributed by atoms with E-state index in [1.54, 1.807) is 11.8 Å². The van der Waals surface area contributed by atoms with Crippen LogP contribution in [0.2, 0.25) is 0 Å². The number of Topliss-reactive ketones (excluding diaryl/α,β-unsaturated/α-hetero) is 1. The number of carbonyl (C=O) groups is 1. The lowest BCUT2D eigenvalue weighted by atomic mass is 10.2. The van der Waals surface area contributed by atoms with Crippen molar-refractivity contribution in [1.82, 2.24) is 0 Å². The van der Waals surface area contributed by atoms with E-state index in [0.29, 0.717) is 11.0 Å². The van der Waals surface area contributed by atoms with Gasteiger partial charge in [-0.3, -0.25) is 4.79 Å². The Hall–Kier alpha value is -0.320. The average molecular weight is 315 g/mol. The number of hydrogen-bond donors (Lipinski definition) is 0. The highest BCUT2D eigenvalue weighted by atomic mass is 79.9. The van der Waals surface area contributed by atoms with E-state index in [9.17, 15) is 4.79 Å². The zero-order chi connectivity index (χ0) is 12.1. The Balaban J connectivity index is 1.82. The normalized spacial score (nSPS) is 17.0. The molecule has 1 aromatic rings. The summed E-state index contributed by atoms with van der Waals surface area (Å²) in [5, 5.41) is 0.586. The van der Waals surface area contributed by atoms with Gasteiger partial charge in [0.1, 0.15) is 0 Å². The van der Waals surface area contributed by atoms with Crippen LogP contribution in [0.3, 0.4) is 0 Å². The fraction of sp³-hybridized carbons (Fsp3) is 0.462. The molecule has 17 heavy (non-hydrogen) atoms. The lowest BCUT2D eigenvalue weighted by Gasteiger charge is -2.21. The van der Waals surface area contributed by atoms with Crippen LogP contribution in [-0.2, 0) is 4.74 Å². The Bertz CT molecular complexity index is 372. The average Bonchev–Trinajstić information content (AvgIpc) is 2.38. The van der Waals surface area contributed by atoms with E-state index in [2.05, 4.69) is 15.9 Å². The lowest BCUT2D eigenvalue weighted by molar-refractivity contribution is 0.0988. The van der Waals surface area contributed by atoms with Gasteiger partial charge in [-0.15, -0.1) is 0 Å². The van der Waals surface area contributed by atoms with Gasteiger partial charge in [0.05, 0.1) is 5.75 Å². The molecular formula is C13H15BrO2S. The zero-order valence-electron chi connectivity index (χ0n) is 9.52. The van der Waals surface area contributed by atoms with Crippen LogP contribution in [0.1, 0.15) is 23.2 Å². The fourth-order valence-corrected chi connectivity index (χ4v) is 3.10. The Labute approximate surface area is 114 Å². The van der Waals surface area contributed by atoms with Gasteiger partial charge in [0.15, 0.2) is 5.78 Å². The molecule has 1 heterocycles. The number of halogens is 1. The molecule has 0 amide bonds. The number of ketones is 1. The smallest absolute Gasteiger partial charge is 0.172 e.